The van der Waals surface area contributed by atoms with Gasteiger partial charge >= 0.3 is 0 Å². The van der Waals surface area contributed by atoms with E-state index in [1.54, 1.807) is 50.6 Å². The van der Waals surface area contributed by atoms with Gasteiger partial charge in [0, 0.05) is 17.1 Å². The molecule has 0 radical (unpaired) electrons. The first-order valence-corrected chi connectivity index (χ1v) is 12.0. The van der Waals surface area contributed by atoms with Crippen LogP contribution in [0, 0.1) is 0 Å². The molecule has 3 aromatic carbocycles. The molecule has 0 saturated heterocycles. The number of nitrogens with one attached hydrogen (secondary N) is 2. The molecule has 172 valence electrons. The van der Waals surface area contributed by atoms with Crippen molar-refractivity contribution in [2.24, 2.45) is 0 Å². The van der Waals surface area contributed by atoms with Crippen LogP contribution in [0.3, 0.4) is 0 Å². The summed E-state index contributed by atoms with van der Waals surface area (Å²) in [6.45, 7) is 0. The molecule has 0 spiro atoms. The van der Waals surface area contributed by atoms with Crippen LogP contribution < -0.4 is 14.8 Å². The second-order valence-electron chi connectivity index (χ2n) is 7.59. The maximum absolute atomic E-state index is 12.9. The number of rotatable bonds is 7. The average molecular weight is 476 g/mol. The molecule has 10 heteroatoms. The number of methoxy groups -OCH3 is 2. The Kier molecular flexibility index (Phi) is 5.50. The number of imidazole rings is 1. The van der Waals surface area contributed by atoms with Crippen molar-refractivity contribution in [1.82, 2.24) is 19.9 Å². The van der Waals surface area contributed by atoms with Gasteiger partial charge < -0.3 is 19.8 Å². The normalized spacial score (nSPS) is 11.6. The summed E-state index contributed by atoms with van der Waals surface area (Å²) in [5.41, 5.74) is 3.23. The summed E-state index contributed by atoms with van der Waals surface area (Å²) < 4.78 is 36.5. The third-order valence-electron chi connectivity index (χ3n) is 5.36. The molecule has 5 aromatic rings. The molecule has 0 saturated carbocycles. The summed E-state index contributed by atoms with van der Waals surface area (Å²) in [5, 5.41) is 3.95. The number of fused-ring (bicyclic) bond motifs is 2. The van der Waals surface area contributed by atoms with Gasteiger partial charge in [-0.2, -0.15) is 0 Å². The number of sulfone groups is 1. The second kappa shape index (κ2) is 8.64. The Morgan fingerprint density at radius 3 is 2.44 bits per heavy atom. The Balaban J connectivity index is 1.47. The summed E-state index contributed by atoms with van der Waals surface area (Å²) in [7, 11) is -0.492. The van der Waals surface area contributed by atoms with Crippen molar-refractivity contribution in [1.29, 1.82) is 0 Å². The highest BCUT2D eigenvalue weighted by atomic mass is 32.2. The van der Waals surface area contributed by atoms with E-state index >= 15 is 0 Å². The fraction of sp³-hybridized carbons (Fsp3) is 0.125. The predicted octanol–water partition coefficient (Wildman–Crippen LogP) is 4.24. The maximum atomic E-state index is 12.9. The quantitative estimate of drug-likeness (QED) is 0.359. The molecule has 0 aliphatic heterocycles. The van der Waals surface area contributed by atoms with E-state index in [0.717, 1.165) is 5.39 Å². The zero-order valence-electron chi connectivity index (χ0n) is 18.4. The number of nitrogens with zero attached hydrogens (tertiary/aromatic N) is 3. The van der Waals surface area contributed by atoms with Crippen LogP contribution in [-0.4, -0.2) is 42.6 Å². The van der Waals surface area contributed by atoms with Gasteiger partial charge in [-0.1, -0.05) is 30.3 Å². The number of aromatic amines is 1. The van der Waals surface area contributed by atoms with E-state index in [9.17, 15) is 8.42 Å². The Hall–Kier alpha value is -4.18. The van der Waals surface area contributed by atoms with Crippen LogP contribution in [0.15, 0.2) is 72.1 Å². The van der Waals surface area contributed by atoms with Crippen molar-refractivity contribution in [2.75, 3.05) is 19.5 Å². The topological polar surface area (TPSA) is 119 Å². The first-order valence-electron chi connectivity index (χ1n) is 10.4. The highest BCUT2D eigenvalue weighted by molar-refractivity contribution is 7.90. The number of hydrogen-bond donors (Lipinski definition) is 2. The zero-order chi connectivity index (χ0) is 23.7. The Bertz CT molecular complexity index is 1600. The fourth-order valence-electron chi connectivity index (χ4n) is 3.69. The molecule has 0 amide bonds. The molecule has 2 N–H and O–H groups in total. The van der Waals surface area contributed by atoms with Gasteiger partial charge in [0.25, 0.3) is 0 Å². The van der Waals surface area contributed by atoms with Crippen molar-refractivity contribution in [2.45, 2.75) is 10.9 Å². The summed E-state index contributed by atoms with van der Waals surface area (Å²) in [4.78, 5) is 15.9. The van der Waals surface area contributed by atoms with Crippen molar-refractivity contribution in [3.05, 3.63) is 72.6 Å². The number of benzene rings is 3. The maximum Gasteiger partial charge on any atom is 0.226 e. The molecule has 2 heterocycles. The lowest BCUT2D eigenvalue weighted by atomic mass is 10.2. The van der Waals surface area contributed by atoms with Gasteiger partial charge in [-0.15, -0.1) is 0 Å². The summed E-state index contributed by atoms with van der Waals surface area (Å²) in [5.74, 6) is 1.57. The van der Waals surface area contributed by atoms with E-state index in [2.05, 4.69) is 25.3 Å². The molecule has 0 unspecified atom stereocenters. The van der Waals surface area contributed by atoms with Gasteiger partial charge in [0.05, 0.1) is 36.5 Å². The van der Waals surface area contributed by atoms with Gasteiger partial charge in [0.2, 0.25) is 15.0 Å². The van der Waals surface area contributed by atoms with Crippen molar-refractivity contribution < 1.29 is 17.9 Å². The third-order valence-corrected chi connectivity index (χ3v) is 6.85. The van der Waals surface area contributed by atoms with Gasteiger partial charge in [-0.05, 0) is 29.8 Å². The molecule has 0 fully saturated rings. The molecule has 34 heavy (non-hydrogen) atoms. The first-order chi connectivity index (χ1) is 16.5. The lowest BCUT2D eigenvalue weighted by molar-refractivity contribution is 0.356. The fourth-order valence-corrected chi connectivity index (χ4v) is 4.96. The first kappa shape index (κ1) is 21.7. The molecule has 0 aliphatic carbocycles. The van der Waals surface area contributed by atoms with E-state index < -0.39 is 9.84 Å². The molecule has 0 aliphatic rings. The number of anilines is 2. The van der Waals surface area contributed by atoms with E-state index in [-0.39, 0.29) is 10.9 Å². The molecular weight excluding hydrogens is 454 g/mol. The number of aromatic nitrogens is 4. The molecule has 0 atom stereocenters. The van der Waals surface area contributed by atoms with E-state index in [0.29, 0.717) is 45.1 Å². The number of H-pyrrole nitrogens is 1. The van der Waals surface area contributed by atoms with Gasteiger partial charge in [-0.3, -0.25) is 0 Å². The lowest BCUT2D eigenvalue weighted by Gasteiger charge is -2.12. The predicted molar refractivity (Wildman–Crippen MR) is 129 cm³/mol. The Labute approximate surface area is 195 Å². The SMILES string of the molecule is COc1cc2ncnc(Nc3ccc4[nH]c(S(=O)(=O)Cc5ccccc5)nc4c3)c2cc1OC. The smallest absolute Gasteiger partial charge is 0.226 e. The Morgan fingerprint density at radius 2 is 1.68 bits per heavy atom. The highest BCUT2D eigenvalue weighted by Gasteiger charge is 2.20. The minimum absolute atomic E-state index is 0.0622. The summed E-state index contributed by atoms with van der Waals surface area (Å²) >= 11 is 0. The van der Waals surface area contributed by atoms with Crippen molar-refractivity contribution in [3.63, 3.8) is 0 Å². The van der Waals surface area contributed by atoms with E-state index in [1.165, 1.54) is 6.33 Å². The van der Waals surface area contributed by atoms with Crippen LogP contribution in [-0.2, 0) is 15.6 Å². The second-order valence-corrected chi connectivity index (χ2v) is 9.50. The minimum atomic E-state index is -3.62. The van der Waals surface area contributed by atoms with E-state index in [1.807, 2.05) is 24.3 Å². The molecule has 2 aromatic heterocycles. The third kappa shape index (κ3) is 4.11. The average Bonchev–Trinajstić information content (AvgIpc) is 3.28. The van der Waals surface area contributed by atoms with Crippen molar-refractivity contribution in [3.8, 4) is 11.5 Å². The monoisotopic (exact) mass is 475 g/mol. The minimum Gasteiger partial charge on any atom is -0.493 e. The van der Waals surface area contributed by atoms with Gasteiger partial charge in [-0.25, -0.2) is 23.4 Å². The summed E-state index contributed by atoms with van der Waals surface area (Å²) in [6.07, 6.45) is 1.46. The zero-order valence-corrected chi connectivity index (χ0v) is 19.3. The lowest BCUT2D eigenvalue weighted by Crippen LogP contribution is -2.06. The molecular formula is C24H21N5O4S. The number of hydrogen-bond acceptors (Lipinski definition) is 8. The molecule has 0 bridgehead atoms. The molecule has 5 rings (SSSR count). The van der Waals surface area contributed by atoms with Gasteiger partial charge in [0.1, 0.15) is 12.1 Å². The Morgan fingerprint density at radius 1 is 0.912 bits per heavy atom. The van der Waals surface area contributed by atoms with Crippen LogP contribution in [0.2, 0.25) is 0 Å². The van der Waals surface area contributed by atoms with Crippen LogP contribution in [0.5, 0.6) is 11.5 Å². The largest absolute Gasteiger partial charge is 0.493 e. The summed E-state index contributed by atoms with van der Waals surface area (Å²) in [6, 6.07) is 18.0. The van der Waals surface area contributed by atoms with Gasteiger partial charge in [0.15, 0.2) is 11.5 Å². The highest BCUT2D eigenvalue weighted by Crippen LogP contribution is 2.34. The van der Waals surface area contributed by atoms with Crippen LogP contribution in [0.25, 0.3) is 21.9 Å². The van der Waals surface area contributed by atoms with E-state index in [4.69, 9.17) is 9.47 Å². The number of ether oxygens (including phenoxy) is 2. The van der Waals surface area contributed by atoms with Crippen molar-refractivity contribution >= 4 is 43.3 Å². The van der Waals surface area contributed by atoms with Crippen LogP contribution in [0.1, 0.15) is 5.56 Å². The standard InChI is InChI=1S/C24H21N5O4S/c1-32-21-11-17-19(12-22(21)33-2)25-14-26-23(17)27-16-8-9-18-20(10-16)29-24(28-18)34(30,31)13-15-6-4-3-5-7-15/h3-12,14H,13H2,1-2H3,(H,28,29)(H,25,26,27). The van der Waals surface area contributed by atoms with Crippen LogP contribution in [0.4, 0.5) is 11.5 Å². The molecule has 9 nitrogen and oxygen atoms in total. The van der Waals surface area contributed by atoms with Crippen LogP contribution >= 0.6 is 0 Å².